The number of methoxy groups -OCH3 is 2. The number of aliphatic hydroxyl groups is 1. The Morgan fingerprint density at radius 3 is 2.68 bits per heavy atom. The van der Waals surface area contributed by atoms with Crippen molar-refractivity contribution in [3.63, 3.8) is 0 Å². The third kappa shape index (κ3) is 3.79. The van der Waals surface area contributed by atoms with Gasteiger partial charge in [0.25, 0.3) is 5.91 Å². The van der Waals surface area contributed by atoms with Gasteiger partial charge in [0.2, 0.25) is 0 Å². The van der Waals surface area contributed by atoms with Crippen molar-refractivity contribution < 1.29 is 23.8 Å². The molecule has 2 aromatic rings. The second-order valence-corrected chi connectivity index (χ2v) is 4.65. The molecule has 0 saturated carbocycles. The molecule has 6 heteroatoms. The van der Waals surface area contributed by atoms with Gasteiger partial charge in [-0.3, -0.25) is 4.79 Å². The summed E-state index contributed by atoms with van der Waals surface area (Å²) in [5.41, 5.74) is 0.463. The van der Waals surface area contributed by atoms with E-state index in [0.717, 1.165) is 0 Å². The molecule has 22 heavy (non-hydrogen) atoms. The number of furan rings is 1. The molecule has 0 aliphatic rings. The quantitative estimate of drug-likeness (QED) is 0.819. The van der Waals surface area contributed by atoms with E-state index in [2.05, 4.69) is 5.32 Å². The van der Waals surface area contributed by atoms with E-state index in [4.69, 9.17) is 13.9 Å². The van der Waals surface area contributed by atoms with Crippen LogP contribution in [0.2, 0.25) is 0 Å². The predicted octanol–water partition coefficient (Wildman–Crippen LogP) is 2.15. The van der Waals surface area contributed by atoms with Crippen molar-refractivity contribution in [1.29, 1.82) is 0 Å². The average molecular weight is 305 g/mol. The lowest BCUT2D eigenvalue weighted by molar-refractivity contribution is 0.0935. The van der Waals surface area contributed by atoms with Crippen molar-refractivity contribution in [1.82, 2.24) is 5.32 Å². The van der Waals surface area contributed by atoms with E-state index in [0.29, 0.717) is 35.8 Å². The number of hydrogen-bond donors (Lipinski definition) is 2. The van der Waals surface area contributed by atoms with Gasteiger partial charge in [-0.05, 0) is 36.8 Å². The van der Waals surface area contributed by atoms with Gasteiger partial charge in [-0.15, -0.1) is 0 Å². The SMILES string of the molecule is COc1ccc(C(=O)NCC[C@H](O)c2ccco2)cc1OC. The van der Waals surface area contributed by atoms with Crippen LogP contribution >= 0.6 is 0 Å². The number of amides is 1. The Morgan fingerprint density at radius 1 is 1.27 bits per heavy atom. The fourth-order valence-electron chi connectivity index (χ4n) is 2.03. The molecule has 0 radical (unpaired) electrons. The van der Waals surface area contributed by atoms with Gasteiger partial charge in [0.05, 0.1) is 20.5 Å². The van der Waals surface area contributed by atoms with Crippen LogP contribution in [0.25, 0.3) is 0 Å². The highest BCUT2D eigenvalue weighted by Crippen LogP contribution is 2.27. The van der Waals surface area contributed by atoms with E-state index in [9.17, 15) is 9.90 Å². The van der Waals surface area contributed by atoms with Crippen LogP contribution in [0.3, 0.4) is 0 Å². The Morgan fingerprint density at radius 2 is 2.05 bits per heavy atom. The molecular formula is C16H19NO5. The van der Waals surface area contributed by atoms with Crippen LogP contribution < -0.4 is 14.8 Å². The van der Waals surface area contributed by atoms with Crippen LogP contribution in [0.4, 0.5) is 0 Å². The minimum Gasteiger partial charge on any atom is -0.493 e. The molecule has 0 fully saturated rings. The zero-order valence-corrected chi connectivity index (χ0v) is 12.5. The second-order valence-electron chi connectivity index (χ2n) is 4.65. The summed E-state index contributed by atoms with van der Waals surface area (Å²) in [6.07, 6.45) is 1.13. The largest absolute Gasteiger partial charge is 0.493 e. The normalized spacial score (nSPS) is 11.8. The predicted molar refractivity (Wildman–Crippen MR) is 80.2 cm³/mol. The topological polar surface area (TPSA) is 80.9 Å². The molecule has 1 atom stereocenters. The molecule has 6 nitrogen and oxygen atoms in total. The lowest BCUT2D eigenvalue weighted by atomic mass is 10.1. The summed E-state index contributed by atoms with van der Waals surface area (Å²) >= 11 is 0. The first kappa shape index (κ1) is 15.9. The average Bonchev–Trinajstić information content (AvgIpc) is 3.08. The van der Waals surface area contributed by atoms with Crippen LogP contribution in [0.1, 0.15) is 28.6 Å². The van der Waals surface area contributed by atoms with Crippen molar-refractivity contribution in [3.8, 4) is 11.5 Å². The summed E-state index contributed by atoms with van der Waals surface area (Å²) < 4.78 is 15.4. The first-order chi connectivity index (χ1) is 10.7. The molecule has 2 N–H and O–H groups in total. The Bertz CT molecular complexity index is 609. The minimum atomic E-state index is -0.735. The lowest BCUT2D eigenvalue weighted by Crippen LogP contribution is -2.25. The molecule has 0 spiro atoms. The molecule has 118 valence electrons. The smallest absolute Gasteiger partial charge is 0.251 e. The fraction of sp³-hybridized carbons (Fsp3) is 0.312. The van der Waals surface area contributed by atoms with Gasteiger partial charge in [0.1, 0.15) is 11.9 Å². The number of ether oxygens (including phenoxy) is 2. The molecule has 1 aromatic carbocycles. The van der Waals surface area contributed by atoms with E-state index in [1.165, 1.54) is 20.5 Å². The molecule has 0 saturated heterocycles. The maximum absolute atomic E-state index is 12.1. The van der Waals surface area contributed by atoms with Crippen molar-refractivity contribution in [2.45, 2.75) is 12.5 Å². The number of rotatable bonds is 7. The highest BCUT2D eigenvalue weighted by Gasteiger charge is 2.13. The summed E-state index contributed by atoms with van der Waals surface area (Å²) in [6, 6.07) is 8.34. The third-order valence-corrected chi connectivity index (χ3v) is 3.22. The second kappa shape index (κ2) is 7.51. The van der Waals surface area contributed by atoms with Crippen LogP contribution in [-0.4, -0.2) is 31.8 Å². The van der Waals surface area contributed by atoms with Gasteiger partial charge in [-0.2, -0.15) is 0 Å². The number of carbonyl (C=O) groups excluding carboxylic acids is 1. The maximum atomic E-state index is 12.1. The Kier molecular flexibility index (Phi) is 5.43. The van der Waals surface area contributed by atoms with Crippen molar-refractivity contribution in [2.75, 3.05) is 20.8 Å². The molecule has 0 aliphatic carbocycles. The molecule has 1 amide bonds. The number of nitrogens with one attached hydrogen (secondary N) is 1. The summed E-state index contributed by atoms with van der Waals surface area (Å²) in [7, 11) is 3.05. The molecule has 0 unspecified atom stereocenters. The molecule has 1 aromatic heterocycles. The number of aliphatic hydroxyl groups excluding tert-OH is 1. The Balaban J connectivity index is 1.89. The van der Waals surface area contributed by atoms with E-state index >= 15 is 0 Å². The van der Waals surface area contributed by atoms with Crippen molar-refractivity contribution in [2.24, 2.45) is 0 Å². The molecular weight excluding hydrogens is 286 g/mol. The monoisotopic (exact) mass is 305 g/mol. The van der Waals surface area contributed by atoms with E-state index in [1.807, 2.05) is 0 Å². The fourth-order valence-corrected chi connectivity index (χ4v) is 2.03. The number of hydrogen-bond acceptors (Lipinski definition) is 5. The van der Waals surface area contributed by atoms with E-state index < -0.39 is 6.10 Å². The molecule has 0 bridgehead atoms. The van der Waals surface area contributed by atoms with Gasteiger partial charge in [0.15, 0.2) is 11.5 Å². The van der Waals surface area contributed by atoms with Crippen molar-refractivity contribution in [3.05, 3.63) is 47.9 Å². The van der Waals surface area contributed by atoms with Gasteiger partial charge < -0.3 is 24.3 Å². The number of benzene rings is 1. The van der Waals surface area contributed by atoms with E-state index in [-0.39, 0.29) is 5.91 Å². The molecule has 2 rings (SSSR count). The van der Waals surface area contributed by atoms with E-state index in [1.54, 1.807) is 30.3 Å². The van der Waals surface area contributed by atoms with Crippen LogP contribution in [0.15, 0.2) is 41.0 Å². The highest BCUT2D eigenvalue weighted by molar-refractivity contribution is 5.94. The van der Waals surface area contributed by atoms with Crippen LogP contribution in [0.5, 0.6) is 11.5 Å². The first-order valence-electron chi connectivity index (χ1n) is 6.87. The Hall–Kier alpha value is -2.47. The highest BCUT2D eigenvalue weighted by atomic mass is 16.5. The maximum Gasteiger partial charge on any atom is 0.251 e. The summed E-state index contributed by atoms with van der Waals surface area (Å²) in [4.78, 5) is 12.1. The zero-order chi connectivity index (χ0) is 15.9. The standard InChI is InChI=1S/C16H19NO5/c1-20-14-6-5-11(10-15(14)21-2)16(19)17-8-7-12(18)13-4-3-9-22-13/h3-6,9-10,12,18H,7-8H2,1-2H3,(H,17,19)/t12-/m0/s1. The van der Waals surface area contributed by atoms with Crippen molar-refractivity contribution >= 4 is 5.91 Å². The first-order valence-corrected chi connectivity index (χ1v) is 6.87. The Labute approximate surface area is 128 Å². The van der Waals surface area contributed by atoms with Crippen LogP contribution in [0, 0.1) is 0 Å². The third-order valence-electron chi connectivity index (χ3n) is 3.22. The minimum absolute atomic E-state index is 0.243. The number of carbonyl (C=O) groups is 1. The van der Waals surface area contributed by atoms with Crippen LogP contribution in [-0.2, 0) is 0 Å². The van der Waals surface area contributed by atoms with Gasteiger partial charge in [-0.25, -0.2) is 0 Å². The van der Waals surface area contributed by atoms with Gasteiger partial charge >= 0.3 is 0 Å². The lowest BCUT2D eigenvalue weighted by Gasteiger charge is -2.11. The summed E-state index contributed by atoms with van der Waals surface area (Å²) in [5.74, 6) is 1.30. The summed E-state index contributed by atoms with van der Waals surface area (Å²) in [5, 5.41) is 12.6. The van der Waals surface area contributed by atoms with Gasteiger partial charge in [0, 0.05) is 12.1 Å². The summed E-state index contributed by atoms with van der Waals surface area (Å²) in [6.45, 7) is 0.328. The van der Waals surface area contributed by atoms with Gasteiger partial charge in [-0.1, -0.05) is 0 Å². The molecule has 1 heterocycles. The molecule has 0 aliphatic heterocycles. The zero-order valence-electron chi connectivity index (χ0n) is 12.5.